The van der Waals surface area contributed by atoms with Gasteiger partial charge in [0.2, 0.25) is 5.75 Å². The molecule has 0 saturated heterocycles. The fraction of sp³-hybridized carbons (Fsp3) is 0.259. The summed E-state index contributed by atoms with van der Waals surface area (Å²) >= 11 is 0. The van der Waals surface area contributed by atoms with Crippen LogP contribution in [-0.2, 0) is 6.42 Å². The van der Waals surface area contributed by atoms with E-state index in [1.165, 1.54) is 26.9 Å². The molecule has 1 aromatic heterocycles. The van der Waals surface area contributed by atoms with Crippen LogP contribution < -0.4 is 19.5 Å². The Morgan fingerprint density at radius 1 is 0.941 bits per heavy atom. The highest BCUT2D eigenvalue weighted by Gasteiger charge is 2.19. The molecule has 0 aliphatic heterocycles. The lowest BCUT2D eigenvalue weighted by Crippen LogP contribution is -2.27. The van der Waals surface area contributed by atoms with Crippen molar-refractivity contribution in [3.8, 4) is 17.2 Å². The van der Waals surface area contributed by atoms with Gasteiger partial charge in [-0.3, -0.25) is 4.79 Å². The van der Waals surface area contributed by atoms with E-state index in [2.05, 4.69) is 35.0 Å². The number of amides is 1. The SMILES string of the molecule is COc1cc(C(=O)NCCc2nc3ccccc3n2C(C)c2ccccc2)cc(OC)c1OC. The first kappa shape index (κ1) is 23.2. The lowest BCUT2D eigenvalue weighted by molar-refractivity contribution is 0.0953. The number of imidazole rings is 1. The zero-order valence-electron chi connectivity index (χ0n) is 19.9. The van der Waals surface area contributed by atoms with E-state index in [-0.39, 0.29) is 11.9 Å². The number of nitrogens with zero attached hydrogens (tertiary/aromatic N) is 2. The molecule has 0 radical (unpaired) electrons. The molecule has 1 amide bonds. The molecular formula is C27H29N3O4. The van der Waals surface area contributed by atoms with Gasteiger partial charge in [0.1, 0.15) is 5.82 Å². The maximum absolute atomic E-state index is 12.9. The molecule has 3 aromatic carbocycles. The Balaban J connectivity index is 1.55. The highest BCUT2D eigenvalue weighted by Crippen LogP contribution is 2.38. The van der Waals surface area contributed by atoms with Gasteiger partial charge in [-0.05, 0) is 36.8 Å². The van der Waals surface area contributed by atoms with E-state index >= 15 is 0 Å². The van der Waals surface area contributed by atoms with Crippen LogP contribution in [0.3, 0.4) is 0 Å². The van der Waals surface area contributed by atoms with Gasteiger partial charge in [0, 0.05) is 18.5 Å². The van der Waals surface area contributed by atoms with Crippen LogP contribution in [0.5, 0.6) is 17.2 Å². The number of hydrogen-bond acceptors (Lipinski definition) is 5. The van der Waals surface area contributed by atoms with Gasteiger partial charge in [0.15, 0.2) is 11.5 Å². The molecule has 34 heavy (non-hydrogen) atoms. The maximum atomic E-state index is 12.9. The number of methoxy groups -OCH3 is 3. The molecule has 4 rings (SSSR count). The molecule has 0 spiro atoms. The molecule has 0 bridgehead atoms. The third kappa shape index (κ3) is 4.55. The maximum Gasteiger partial charge on any atom is 0.251 e. The standard InChI is InChI=1S/C27H29N3O4/c1-18(19-10-6-5-7-11-19)30-22-13-9-8-12-21(22)29-25(30)14-15-28-27(31)20-16-23(32-2)26(34-4)24(17-20)33-3/h5-13,16-18H,14-15H2,1-4H3,(H,28,31). The summed E-state index contributed by atoms with van der Waals surface area (Å²) in [5, 5.41) is 2.99. The predicted octanol–water partition coefficient (Wildman–Crippen LogP) is 4.64. The molecule has 0 aliphatic carbocycles. The number of carbonyl (C=O) groups excluding carboxylic acids is 1. The van der Waals surface area contributed by atoms with Gasteiger partial charge in [-0.25, -0.2) is 4.98 Å². The third-order valence-corrected chi connectivity index (χ3v) is 5.90. The molecule has 0 aliphatic rings. The summed E-state index contributed by atoms with van der Waals surface area (Å²) in [6, 6.07) is 21.8. The molecule has 1 N–H and O–H groups in total. The summed E-state index contributed by atoms with van der Waals surface area (Å²) in [5.41, 5.74) is 3.65. The highest BCUT2D eigenvalue weighted by molar-refractivity contribution is 5.95. The zero-order chi connectivity index (χ0) is 24.1. The molecule has 4 aromatic rings. The van der Waals surface area contributed by atoms with Crippen molar-refractivity contribution in [2.45, 2.75) is 19.4 Å². The summed E-state index contributed by atoms with van der Waals surface area (Å²) in [5.74, 6) is 2.02. The van der Waals surface area contributed by atoms with Crippen molar-refractivity contribution in [3.05, 3.63) is 83.7 Å². The van der Waals surface area contributed by atoms with E-state index in [9.17, 15) is 4.79 Å². The van der Waals surface area contributed by atoms with Gasteiger partial charge in [-0.1, -0.05) is 42.5 Å². The second kappa shape index (κ2) is 10.3. The van der Waals surface area contributed by atoms with Crippen molar-refractivity contribution in [2.75, 3.05) is 27.9 Å². The molecule has 176 valence electrons. The number of nitrogens with one attached hydrogen (secondary N) is 1. The van der Waals surface area contributed by atoms with Crippen molar-refractivity contribution in [3.63, 3.8) is 0 Å². The van der Waals surface area contributed by atoms with E-state index in [0.29, 0.717) is 35.8 Å². The van der Waals surface area contributed by atoms with Crippen molar-refractivity contribution in [1.29, 1.82) is 0 Å². The fourth-order valence-electron chi connectivity index (χ4n) is 4.19. The van der Waals surface area contributed by atoms with Crippen molar-refractivity contribution >= 4 is 16.9 Å². The molecule has 0 saturated carbocycles. The Morgan fingerprint density at radius 3 is 2.24 bits per heavy atom. The summed E-state index contributed by atoms with van der Waals surface area (Å²) in [6.45, 7) is 2.60. The first-order chi connectivity index (χ1) is 16.6. The number of aromatic nitrogens is 2. The fourth-order valence-corrected chi connectivity index (χ4v) is 4.19. The van der Waals surface area contributed by atoms with E-state index in [4.69, 9.17) is 19.2 Å². The second-order valence-electron chi connectivity index (χ2n) is 7.89. The smallest absolute Gasteiger partial charge is 0.251 e. The van der Waals surface area contributed by atoms with Crippen LogP contribution in [0.15, 0.2) is 66.7 Å². The van der Waals surface area contributed by atoms with E-state index in [1.807, 2.05) is 36.4 Å². The number of hydrogen-bond donors (Lipinski definition) is 1. The van der Waals surface area contributed by atoms with Crippen LogP contribution in [0.25, 0.3) is 11.0 Å². The normalized spacial score (nSPS) is 11.8. The largest absolute Gasteiger partial charge is 0.493 e. The zero-order valence-corrected chi connectivity index (χ0v) is 19.9. The Hall–Kier alpha value is -4.00. The Bertz CT molecular complexity index is 1260. The molecule has 7 heteroatoms. The average molecular weight is 460 g/mol. The highest BCUT2D eigenvalue weighted by atomic mass is 16.5. The van der Waals surface area contributed by atoms with Crippen LogP contribution in [0, 0.1) is 0 Å². The number of carbonyl (C=O) groups is 1. The van der Waals surface area contributed by atoms with Gasteiger partial charge in [-0.2, -0.15) is 0 Å². The molecule has 1 heterocycles. The van der Waals surface area contributed by atoms with E-state index in [0.717, 1.165) is 16.9 Å². The Morgan fingerprint density at radius 2 is 1.59 bits per heavy atom. The van der Waals surface area contributed by atoms with E-state index < -0.39 is 0 Å². The number of benzene rings is 3. The van der Waals surface area contributed by atoms with Gasteiger partial charge in [0.25, 0.3) is 5.91 Å². The minimum Gasteiger partial charge on any atom is -0.493 e. The Kier molecular flexibility index (Phi) is 7.01. The molecular weight excluding hydrogens is 430 g/mol. The number of fused-ring (bicyclic) bond motifs is 1. The van der Waals surface area contributed by atoms with Crippen LogP contribution in [0.1, 0.15) is 34.7 Å². The third-order valence-electron chi connectivity index (χ3n) is 5.90. The molecule has 1 unspecified atom stereocenters. The minimum absolute atomic E-state index is 0.106. The monoisotopic (exact) mass is 459 g/mol. The van der Waals surface area contributed by atoms with Crippen molar-refractivity contribution in [2.24, 2.45) is 0 Å². The van der Waals surface area contributed by atoms with Crippen molar-refractivity contribution < 1.29 is 19.0 Å². The predicted molar refractivity (Wildman–Crippen MR) is 132 cm³/mol. The van der Waals surface area contributed by atoms with Crippen LogP contribution >= 0.6 is 0 Å². The van der Waals surface area contributed by atoms with Crippen molar-refractivity contribution in [1.82, 2.24) is 14.9 Å². The van der Waals surface area contributed by atoms with E-state index in [1.54, 1.807) is 12.1 Å². The molecule has 7 nitrogen and oxygen atoms in total. The van der Waals surface area contributed by atoms with Crippen LogP contribution in [0.2, 0.25) is 0 Å². The first-order valence-electron chi connectivity index (χ1n) is 11.2. The quantitative estimate of drug-likeness (QED) is 0.395. The number of para-hydroxylation sites is 2. The van der Waals surface area contributed by atoms with Gasteiger partial charge >= 0.3 is 0 Å². The minimum atomic E-state index is -0.224. The Labute approximate surface area is 199 Å². The lowest BCUT2D eigenvalue weighted by atomic mass is 10.1. The topological polar surface area (TPSA) is 74.6 Å². The lowest BCUT2D eigenvalue weighted by Gasteiger charge is -2.18. The van der Waals surface area contributed by atoms with Gasteiger partial charge in [0.05, 0.1) is 38.4 Å². The molecule has 1 atom stereocenters. The van der Waals surface area contributed by atoms with Crippen LogP contribution in [0.4, 0.5) is 0 Å². The second-order valence-corrected chi connectivity index (χ2v) is 7.89. The number of ether oxygens (including phenoxy) is 3. The summed E-state index contributed by atoms with van der Waals surface area (Å²) < 4.78 is 18.3. The molecule has 0 fully saturated rings. The average Bonchev–Trinajstić information content (AvgIpc) is 3.25. The first-order valence-corrected chi connectivity index (χ1v) is 11.2. The van der Waals surface area contributed by atoms with Crippen LogP contribution in [-0.4, -0.2) is 43.3 Å². The summed E-state index contributed by atoms with van der Waals surface area (Å²) in [4.78, 5) is 17.8. The summed E-state index contributed by atoms with van der Waals surface area (Å²) in [6.07, 6.45) is 0.585. The van der Waals surface area contributed by atoms with Gasteiger partial charge in [-0.15, -0.1) is 0 Å². The van der Waals surface area contributed by atoms with Gasteiger partial charge < -0.3 is 24.1 Å². The number of rotatable bonds is 9. The summed E-state index contributed by atoms with van der Waals surface area (Å²) in [7, 11) is 4.58.